The molecule has 0 aliphatic carbocycles. The average molecular weight is 795 g/mol. The lowest BCUT2D eigenvalue weighted by Crippen LogP contribution is -2.04. The van der Waals surface area contributed by atoms with E-state index in [1.807, 2.05) is 170 Å². The number of carbonyl (C=O) groups is 1. The number of rotatable bonds is 10. The van der Waals surface area contributed by atoms with Crippen molar-refractivity contribution in [1.29, 1.82) is 0 Å². The van der Waals surface area contributed by atoms with E-state index in [1.54, 1.807) is 0 Å². The fraction of sp³-hybridized carbons (Fsp3) is 0. The van der Waals surface area contributed by atoms with Crippen LogP contribution in [0.4, 0.5) is 0 Å². The number of hydrogen-bond donors (Lipinski definition) is 0. The molecule has 0 radical (unpaired) electrons. The zero-order valence-corrected chi connectivity index (χ0v) is 33.6. The number of pyridine rings is 4. The third-order valence-corrected chi connectivity index (χ3v) is 10.8. The van der Waals surface area contributed by atoms with Gasteiger partial charge in [0.1, 0.15) is 0 Å². The van der Waals surface area contributed by atoms with Gasteiger partial charge in [-0.15, -0.1) is 0 Å². The molecule has 4 aromatic heterocycles. The topological polar surface area (TPSA) is 68.6 Å². The molecule has 292 valence electrons. The lowest BCUT2D eigenvalue weighted by molar-refractivity contribution is 0.103. The van der Waals surface area contributed by atoms with Gasteiger partial charge in [-0.1, -0.05) is 146 Å². The molecule has 0 unspecified atom stereocenters. The number of carbonyl (C=O) groups excluding carboxylic acids is 1. The van der Waals surface area contributed by atoms with Crippen molar-refractivity contribution in [3.05, 3.63) is 242 Å². The molecule has 0 spiro atoms. The van der Waals surface area contributed by atoms with Crippen LogP contribution in [0.1, 0.15) is 15.9 Å². The third-order valence-electron chi connectivity index (χ3n) is 10.8. The van der Waals surface area contributed by atoms with Crippen molar-refractivity contribution in [2.45, 2.75) is 0 Å². The van der Waals surface area contributed by atoms with Gasteiger partial charge in [0.2, 0.25) is 0 Å². The largest absolute Gasteiger partial charge is 0.289 e. The van der Waals surface area contributed by atoms with Crippen LogP contribution in [0.25, 0.3) is 90.1 Å². The molecule has 0 amide bonds. The van der Waals surface area contributed by atoms with E-state index in [1.165, 1.54) is 0 Å². The third kappa shape index (κ3) is 8.11. The van der Waals surface area contributed by atoms with Crippen molar-refractivity contribution >= 4 is 5.78 Å². The van der Waals surface area contributed by atoms with Crippen molar-refractivity contribution in [2.24, 2.45) is 0 Å². The summed E-state index contributed by atoms with van der Waals surface area (Å²) in [7, 11) is 0. The number of ketones is 1. The van der Waals surface area contributed by atoms with Gasteiger partial charge in [-0.05, 0) is 84.9 Å². The summed E-state index contributed by atoms with van der Waals surface area (Å²) in [5.41, 5.74) is 14.7. The van der Waals surface area contributed by atoms with Gasteiger partial charge in [0, 0.05) is 55.6 Å². The predicted octanol–water partition coefficient (Wildman–Crippen LogP) is 13.8. The Hall–Kier alpha value is -8.41. The van der Waals surface area contributed by atoms with E-state index in [0.717, 1.165) is 90.1 Å². The molecule has 0 bridgehead atoms. The average Bonchev–Trinajstić information content (AvgIpc) is 3.37. The summed E-state index contributed by atoms with van der Waals surface area (Å²) in [6.07, 6.45) is 0. The molecule has 0 saturated heterocycles. The Kier molecular flexibility index (Phi) is 10.4. The minimum absolute atomic E-state index is 0.145. The van der Waals surface area contributed by atoms with Crippen molar-refractivity contribution in [3.8, 4) is 90.1 Å². The van der Waals surface area contributed by atoms with E-state index in [4.69, 9.17) is 19.9 Å². The Balaban J connectivity index is 1.13. The summed E-state index contributed by atoms with van der Waals surface area (Å²) < 4.78 is 0. The van der Waals surface area contributed by atoms with Crippen LogP contribution in [0.3, 0.4) is 0 Å². The minimum atomic E-state index is -0.145. The molecule has 10 rings (SSSR count). The number of benzene rings is 6. The molecule has 6 aromatic carbocycles. The van der Waals surface area contributed by atoms with Gasteiger partial charge in [-0.2, -0.15) is 0 Å². The van der Waals surface area contributed by atoms with Gasteiger partial charge in [0.05, 0.1) is 45.6 Å². The monoisotopic (exact) mass is 794 g/mol. The Morgan fingerprint density at radius 3 is 0.661 bits per heavy atom. The summed E-state index contributed by atoms with van der Waals surface area (Å²) in [6.45, 7) is 0. The van der Waals surface area contributed by atoms with E-state index in [-0.39, 0.29) is 5.78 Å². The lowest BCUT2D eigenvalue weighted by atomic mass is 9.92. The molecule has 10 aromatic rings. The van der Waals surface area contributed by atoms with Crippen molar-refractivity contribution < 1.29 is 4.79 Å². The second-order valence-corrected chi connectivity index (χ2v) is 15.0. The Labute approximate surface area is 360 Å². The van der Waals surface area contributed by atoms with Gasteiger partial charge in [0.15, 0.2) is 5.78 Å². The van der Waals surface area contributed by atoms with Crippen molar-refractivity contribution in [3.63, 3.8) is 0 Å². The second kappa shape index (κ2) is 17.1. The SMILES string of the molecule is O=C(c1cc(-c2cccc(-c3ccccc3)n2)cc(-c2cccc(-c3ccccc3)n2)c1)c1cc(-c2cccc(-c3ccccc3)n2)cc(-c2cccc(-c3ccccc3)n2)c1. The first-order valence-electron chi connectivity index (χ1n) is 20.6. The van der Waals surface area contributed by atoms with Gasteiger partial charge in [-0.25, -0.2) is 19.9 Å². The zero-order valence-electron chi connectivity index (χ0n) is 33.6. The van der Waals surface area contributed by atoms with Crippen LogP contribution in [0, 0.1) is 0 Å². The summed E-state index contributed by atoms with van der Waals surface area (Å²) in [5.74, 6) is -0.145. The summed E-state index contributed by atoms with van der Waals surface area (Å²) in [6, 6.07) is 76.4. The molecule has 0 atom stereocenters. The second-order valence-electron chi connectivity index (χ2n) is 15.0. The van der Waals surface area contributed by atoms with Crippen LogP contribution >= 0.6 is 0 Å². The smallest absolute Gasteiger partial charge is 0.193 e. The van der Waals surface area contributed by atoms with E-state index < -0.39 is 0 Å². The van der Waals surface area contributed by atoms with Gasteiger partial charge in [-0.3, -0.25) is 4.79 Å². The van der Waals surface area contributed by atoms with E-state index >= 15 is 4.79 Å². The molecule has 0 aliphatic rings. The van der Waals surface area contributed by atoms with E-state index in [0.29, 0.717) is 11.1 Å². The predicted molar refractivity (Wildman–Crippen MR) is 251 cm³/mol. The molecule has 5 heteroatoms. The summed E-state index contributed by atoms with van der Waals surface area (Å²) in [4.78, 5) is 35.7. The van der Waals surface area contributed by atoms with Gasteiger partial charge < -0.3 is 0 Å². The molecule has 0 saturated carbocycles. The Morgan fingerprint density at radius 2 is 0.435 bits per heavy atom. The molecular formula is C57H38N4O. The van der Waals surface area contributed by atoms with Crippen molar-refractivity contribution in [2.75, 3.05) is 0 Å². The molecule has 62 heavy (non-hydrogen) atoms. The van der Waals surface area contributed by atoms with Crippen LogP contribution in [-0.2, 0) is 0 Å². The molecule has 0 aliphatic heterocycles. The maximum Gasteiger partial charge on any atom is 0.193 e. The number of hydrogen-bond acceptors (Lipinski definition) is 5. The summed E-state index contributed by atoms with van der Waals surface area (Å²) in [5, 5.41) is 0. The van der Waals surface area contributed by atoms with E-state index in [9.17, 15) is 0 Å². The fourth-order valence-corrected chi connectivity index (χ4v) is 7.74. The van der Waals surface area contributed by atoms with Crippen LogP contribution in [0.5, 0.6) is 0 Å². The zero-order chi connectivity index (χ0) is 41.7. The summed E-state index contributed by atoms with van der Waals surface area (Å²) >= 11 is 0. The van der Waals surface area contributed by atoms with Crippen molar-refractivity contribution in [1.82, 2.24) is 19.9 Å². The van der Waals surface area contributed by atoms with Gasteiger partial charge in [0.25, 0.3) is 0 Å². The first-order chi connectivity index (χ1) is 30.6. The molecule has 0 N–H and O–H groups in total. The highest BCUT2D eigenvalue weighted by atomic mass is 16.1. The van der Waals surface area contributed by atoms with Crippen LogP contribution in [0.2, 0.25) is 0 Å². The maximum atomic E-state index is 15.3. The number of nitrogens with zero attached hydrogens (tertiary/aromatic N) is 4. The maximum absolute atomic E-state index is 15.3. The lowest BCUT2D eigenvalue weighted by Gasteiger charge is -2.14. The first kappa shape index (κ1) is 37.8. The minimum Gasteiger partial charge on any atom is -0.289 e. The van der Waals surface area contributed by atoms with Gasteiger partial charge >= 0.3 is 0 Å². The quantitative estimate of drug-likeness (QED) is 0.129. The standard InChI is InChI=1S/C57H38N4O/c62-57(47-35-43(53-29-13-25-49(58-53)39-17-5-1-6-18-39)33-44(36-47)54-30-14-26-50(59-54)40-19-7-2-8-20-40)48-37-45(55-31-15-27-51(60-55)41-21-9-3-10-22-41)34-46(38-48)56-32-16-28-52(61-56)42-23-11-4-12-24-42/h1-38H. The molecule has 4 heterocycles. The van der Waals surface area contributed by atoms with E-state index in [2.05, 4.69) is 60.7 Å². The first-order valence-corrected chi connectivity index (χ1v) is 20.6. The van der Waals surface area contributed by atoms with Crippen LogP contribution < -0.4 is 0 Å². The highest BCUT2D eigenvalue weighted by Gasteiger charge is 2.19. The molecule has 0 fully saturated rings. The fourth-order valence-electron chi connectivity index (χ4n) is 7.74. The number of aromatic nitrogens is 4. The normalized spacial score (nSPS) is 11.0. The van der Waals surface area contributed by atoms with Crippen LogP contribution in [0.15, 0.2) is 231 Å². The molecular weight excluding hydrogens is 757 g/mol. The highest BCUT2D eigenvalue weighted by Crippen LogP contribution is 2.34. The van der Waals surface area contributed by atoms with Crippen LogP contribution in [-0.4, -0.2) is 25.7 Å². The molecule has 5 nitrogen and oxygen atoms in total. The highest BCUT2D eigenvalue weighted by molar-refractivity contribution is 6.11. The Morgan fingerprint density at radius 1 is 0.226 bits per heavy atom. The Bertz CT molecular complexity index is 2770.